The van der Waals surface area contributed by atoms with Gasteiger partial charge in [-0.1, -0.05) is 11.3 Å². The zero-order valence-electron chi connectivity index (χ0n) is 7.26. The van der Waals surface area contributed by atoms with Crippen LogP contribution in [0.2, 0.25) is 0 Å². The van der Waals surface area contributed by atoms with Gasteiger partial charge >= 0.3 is 0 Å². The minimum atomic E-state index is 0.456. The number of aromatic nitrogens is 2. The molecule has 0 unspecified atom stereocenters. The Labute approximate surface area is 88.2 Å². The predicted molar refractivity (Wildman–Crippen MR) is 55.2 cm³/mol. The molecule has 0 saturated carbocycles. The second kappa shape index (κ2) is 3.85. The summed E-state index contributed by atoms with van der Waals surface area (Å²) in [4.78, 5) is 19.5. The van der Waals surface area contributed by atoms with E-state index in [0.29, 0.717) is 10.9 Å². The van der Waals surface area contributed by atoms with Gasteiger partial charge in [-0.05, 0) is 0 Å². The Morgan fingerprint density at radius 3 is 3.00 bits per heavy atom. The van der Waals surface area contributed by atoms with Gasteiger partial charge in [-0.2, -0.15) is 0 Å². The zero-order valence-corrected chi connectivity index (χ0v) is 8.89. The van der Waals surface area contributed by atoms with E-state index < -0.39 is 0 Å². The number of nitrogens with zero attached hydrogens (tertiary/aromatic N) is 2. The van der Waals surface area contributed by atoms with Crippen LogP contribution < -0.4 is 4.74 Å². The molecule has 2 rings (SSSR count). The van der Waals surface area contributed by atoms with Crippen molar-refractivity contribution in [3.05, 3.63) is 17.3 Å². The van der Waals surface area contributed by atoms with Gasteiger partial charge in [0.25, 0.3) is 5.19 Å². The number of rotatable bonds is 3. The fraction of sp³-hybridized carbons (Fsp3) is 0.125. The van der Waals surface area contributed by atoms with Crippen LogP contribution >= 0.6 is 22.7 Å². The highest BCUT2D eigenvalue weighted by atomic mass is 32.1. The molecule has 72 valence electrons. The van der Waals surface area contributed by atoms with Crippen molar-refractivity contribution in [2.75, 3.05) is 7.11 Å². The molecule has 0 fully saturated rings. The van der Waals surface area contributed by atoms with Crippen LogP contribution in [0, 0.1) is 0 Å². The molecule has 4 nitrogen and oxygen atoms in total. The van der Waals surface area contributed by atoms with E-state index in [4.69, 9.17) is 4.74 Å². The summed E-state index contributed by atoms with van der Waals surface area (Å²) in [5.41, 5.74) is 0.456. The number of thiazole rings is 2. The first-order valence-electron chi connectivity index (χ1n) is 3.74. The third kappa shape index (κ3) is 1.66. The van der Waals surface area contributed by atoms with Gasteiger partial charge in [0.05, 0.1) is 18.2 Å². The van der Waals surface area contributed by atoms with Crippen molar-refractivity contribution >= 4 is 29.0 Å². The molecule has 0 aliphatic carbocycles. The Hall–Kier alpha value is -1.27. The molecule has 0 aromatic carbocycles. The van der Waals surface area contributed by atoms with Crippen LogP contribution in [0.4, 0.5) is 0 Å². The summed E-state index contributed by atoms with van der Waals surface area (Å²) in [7, 11) is 1.57. The lowest BCUT2D eigenvalue weighted by Crippen LogP contribution is -1.77. The third-order valence-corrected chi connectivity index (χ3v) is 3.50. The van der Waals surface area contributed by atoms with Crippen molar-refractivity contribution in [2.45, 2.75) is 0 Å². The van der Waals surface area contributed by atoms with E-state index in [-0.39, 0.29) is 0 Å². The molecular formula is C8H6N2O2S2. The summed E-state index contributed by atoms with van der Waals surface area (Å²) in [5, 5.41) is 3.12. The van der Waals surface area contributed by atoms with Gasteiger partial charge in [-0.25, -0.2) is 9.97 Å². The maximum Gasteiger partial charge on any atom is 0.273 e. The second-order valence-corrected chi connectivity index (χ2v) is 4.24. The molecule has 0 aliphatic rings. The van der Waals surface area contributed by atoms with E-state index >= 15 is 0 Å². The van der Waals surface area contributed by atoms with Gasteiger partial charge in [0.2, 0.25) is 0 Å². The quantitative estimate of drug-likeness (QED) is 0.752. The predicted octanol–water partition coefficient (Wildman–Crippen LogP) is 2.09. The lowest BCUT2D eigenvalue weighted by molar-refractivity contribution is 0.111. The van der Waals surface area contributed by atoms with Crippen molar-refractivity contribution in [1.82, 2.24) is 9.97 Å². The van der Waals surface area contributed by atoms with Crippen molar-refractivity contribution < 1.29 is 9.53 Å². The lowest BCUT2D eigenvalue weighted by atomic mass is 10.5. The third-order valence-electron chi connectivity index (χ3n) is 1.51. The standard InChI is InChI=1S/C8H6N2O2S2/c1-12-8-9-2-6(14-8)7-10-5(3-11)4-13-7/h2-4H,1H3. The van der Waals surface area contributed by atoms with Crippen LogP contribution in [-0.4, -0.2) is 23.4 Å². The first-order chi connectivity index (χ1) is 6.83. The van der Waals surface area contributed by atoms with Gasteiger partial charge < -0.3 is 4.74 Å². The topological polar surface area (TPSA) is 52.1 Å². The summed E-state index contributed by atoms with van der Waals surface area (Å²) in [6.45, 7) is 0. The smallest absolute Gasteiger partial charge is 0.273 e. The minimum Gasteiger partial charge on any atom is -0.473 e. The van der Waals surface area contributed by atoms with E-state index in [9.17, 15) is 4.79 Å². The molecule has 2 aromatic rings. The number of aldehydes is 1. The summed E-state index contributed by atoms with van der Waals surface area (Å²) in [5.74, 6) is 0. The average Bonchev–Trinajstić information content (AvgIpc) is 2.86. The van der Waals surface area contributed by atoms with Crippen LogP contribution in [0.1, 0.15) is 10.5 Å². The fourth-order valence-corrected chi connectivity index (χ4v) is 2.46. The molecule has 0 bridgehead atoms. The number of hydrogen-bond acceptors (Lipinski definition) is 6. The first kappa shape index (κ1) is 9.29. The number of hydrogen-bond donors (Lipinski definition) is 0. The molecule has 6 heteroatoms. The zero-order chi connectivity index (χ0) is 9.97. The monoisotopic (exact) mass is 226 g/mol. The number of ether oxygens (including phenoxy) is 1. The van der Waals surface area contributed by atoms with E-state index in [2.05, 4.69) is 9.97 Å². The maximum atomic E-state index is 10.4. The lowest BCUT2D eigenvalue weighted by Gasteiger charge is -1.87. The van der Waals surface area contributed by atoms with Crippen molar-refractivity contribution in [2.24, 2.45) is 0 Å². The second-order valence-electron chi connectivity index (χ2n) is 2.39. The van der Waals surface area contributed by atoms with Crippen LogP contribution in [0.15, 0.2) is 11.6 Å². The van der Waals surface area contributed by atoms with Gasteiger partial charge in [-0.3, -0.25) is 4.79 Å². The molecule has 0 atom stereocenters. The summed E-state index contributed by atoms with van der Waals surface area (Å²) in [6, 6.07) is 0. The summed E-state index contributed by atoms with van der Waals surface area (Å²) in [6.07, 6.45) is 2.43. The highest BCUT2D eigenvalue weighted by Gasteiger charge is 2.08. The van der Waals surface area contributed by atoms with Crippen LogP contribution in [0.25, 0.3) is 9.88 Å². The van der Waals surface area contributed by atoms with Crippen LogP contribution in [0.3, 0.4) is 0 Å². The van der Waals surface area contributed by atoms with Gasteiger partial charge in [0.1, 0.15) is 10.7 Å². The Morgan fingerprint density at radius 2 is 2.43 bits per heavy atom. The number of carbonyl (C=O) groups excluding carboxylic acids is 1. The molecular weight excluding hydrogens is 220 g/mol. The average molecular weight is 226 g/mol. The van der Waals surface area contributed by atoms with Gasteiger partial charge in [0, 0.05) is 5.38 Å². The van der Waals surface area contributed by atoms with E-state index in [1.165, 1.54) is 22.7 Å². The Kier molecular flexibility index (Phi) is 2.55. The van der Waals surface area contributed by atoms with Crippen LogP contribution in [0.5, 0.6) is 5.19 Å². The first-order valence-corrected chi connectivity index (χ1v) is 5.44. The number of methoxy groups -OCH3 is 1. The molecule has 0 saturated heterocycles. The Morgan fingerprint density at radius 1 is 1.57 bits per heavy atom. The van der Waals surface area contributed by atoms with Crippen LogP contribution in [-0.2, 0) is 0 Å². The SMILES string of the molecule is COc1ncc(-c2nc(C=O)cs2)s1. The van der Waals surface area contributed by atoms with Crippen molar-refractivity contribution in [3.63, 3.8) is 0 Å². The summed E-state index contributed by atoms with van der Waals surface area (Å²) < 4.78 is 4.96. The number of carbonyl (C=O) groups is 1. The Balaban J connectivity index is 2.33. The van der Waals surface area contributed by atoms with E-state index in [0.717, 1.165) is 16.2 Å². The molecule has 2 aromatic heterocycles. The molecule has 2 heterocycles. The molecule has 0 aliphatic heterocycles. The van der Waals surface area contributed by atoms with E-state index in [1.54, 1.807) is 18.7 Å². The van der Waals surface area contributed by atoms with Crippen molar-refractivity contribution in [1.29, 1.82) is 0 Å². The van der Waals surface area contributed by atoms with Gasteiger partial charge in [0.15, 0.2) is 6.29 Å². The highest BCUT2D eigenvalue weighted by Crippen LogP contribution is 2.31. The van der Waals surface area contributed by atoms with E-state index in [1.807, 2.05) is 0 Å². The van der Waals surface area contributed by atoms with Gasteiger partial charge in [-0.15, -0.1) is 11.3 Å². The van der Waals surface area contributed by atoms with Crippen molar-refractivity contribution in [3.8, 4) is 15.1 Å². The maximum absolute atomic E-state index is 10.4. The highest BCUT2D eigenvalue weighted by molar-refractivity contribution is 7.21. The molecule has 0 radical (unpaired) electrons. The molecule has 0 N–H and O–H groups in total. The largest absolute Gasteiger partial charge is 0.473 e. The normalized spacial score (nSPS) is 10.1. The molecule has 14 heavy (non-hydrogen) atoms. The molecule has 0 amide bonds. The fourth-order valence-electron chi connectivity index (χ4n) is 0.905. The Bertz CT molecular complexity index is 450. The summed E-state index contributed by atoms with van der Waals surface area (Å²) >= 11 is 2.83. The molecule has 0 spiro atoms. The minimum absolute atomic E-state index is 0.456.